The Kier molecular flexibility index (Phi) is 4.13. The van der Waals surface area contributed by atoms with E-state index in [-0.39, 0.29) is 11.8 Å². The van der Waals surface area contributed by atoms with E-state index < -0.39 is 0 Å². The third-order valence-electron chi connectivity index (χ3n) is 6.06. The standard InChI is InChI=1S/C20H24N2O2S/c1-2-6-15(7-3-1)20-9-5-4-8-16(20)13-22(20)14-17-12-21-18(25-17)19-23-10-11-24-19/h1-3,6-7,12,16,19H,4-5,8-11,13-14H2. The van der Waals surface area contributed by atoms with E-state index in [9.17, 15) is 0 Å². The molecule has 2 unspecified atom stereocenters. The van der Waals surface area contributed by atoms with Gasteiger partial charge in [0.15, 0.2) is 0 Å². The first kappa shape index (κ1) is 15.9. The van der Waals surface area contributed by atoms with Crippen molar-refractivity contribution in [3.63, 3.8) is 0 Å². The van der Waals surface area contributed by atoms with Gasteiger partial charge in [0.25, 0.3) is 0 Å². The number of rotatable bonds is 4. The second kappa shape index (κ2) is 6.47. The first-order valence-corrected chi connectivity index (χ1v) is 10.2. The Morgan fingerprint density at radius 1 is 1.16 bits per heavy atom. The van der Waals surface area contributed by atoms with E-state index in [2.05, 4.69) is 40.2 Å². The molecular formula is C20H24N2O2S. The normalized spacial score (nSPS) is 30.2. The van der Waals surface area contributed by atoms with E-state index in [0.717, 1.165) is 17.5 Å². The summed E-state index contributed by atoms with van der Waals surface area (Å²) >= 11 is 1.74. The fourth-order valence-corrected chi connectivity index (χ4v) is 5.82. The van der Waals surface area contributed by atoms with Gasteiger partial charge in [0.2, 0.25) is 6.29 Å². The summed E-state index contributed by atoms with van der Waals surface area (Å²) in [5.41, 5.74) is 1.74. The maximum atomic E-state index is 5.58. The second-order valence-electron chi connectivity index (χ2n) is 7.35. The van der Waals surface area contributed by atoms with Gasteiger partial charge in [-0.3, -0.25) is 4.90 Å². The van der Waals surface area contributed by atoms with Crippen LogP contribution in [0.25, 0.3) is 0 Å². The van der Waals surface area contributed by atoms with E-state index in [4.69, 9.17) is 9.47 Å². The molecule has 3 aliphatic rings. The van der Waals surface area contributed by atoms with Crippen molar-refractivity contribution in [3.05, 3.63) is 52.0 Å². The van der Waals surface area contributed by atoms with Crippen LogP contribution in [0.1, 0.15) is 47.4 Å². The third-order valence-corrected chi connectivity index (χ3v) is 7.06. The maximum Gasteiger partial charge on any atom is 0.211 e. The molecule has 2 aromatic rings. The molecule has 0 bridgehead atoms. The van der Waals surface area contributed by atoms with Crippen molar-refractivity contribution >= 4 is 11.3 Å². The Hall–Kier alpha value is -1.27. The molecule has 1 aliphatic carbocycles. The van der Waals surface area contributed by atoms with Crippen LogP contribution in [0.3, 0.4) is 0 Å². The molecule has 4 nitrogen and oxygen atoms in total. The summed E-state index contributed by atoms with van der Waals surface area (Å²) in [5, 5.41) is 0.960. The molecule has 0 radical (unpaired) electrons. The molecule has 2 atom stereocenters. The smallest absolute Gasteiger partial charge is 0.211 e. The highest BCUT2D eigenvalue weighted by molar-refractivity contribution is 7.11. The van der Waals surface area contributed by atoms with Gasteiger partial charge < -0.3 is 9.47 Å². The lowest BCUT2D eigenvalue weighted by molar-refractivity contribution is -0.120. The van der Waals surface area contributed by atoms with Gasteiger partial charge >= 0.3 is 0 Å². The number of hydrogen-bond donors (Lipinski definition) is 0. The van der Waals surface area contributed by atoms with Crippen molar-refractivity contribution in [2.24, 2.45) is 5.92 Å². The number of benzene rings is 1. The first-order chi connectivity index (χ1) is 12.4. The minimum atomic E-state index is -0.249. The van der Waals surface area contributed by atoms with Gasteiger partial charge in [-0.05, 0) is 24.3 Å². The Morgan fingerprint density at radius 2 is 2.00 bits per heavy atom. The summed E-state index contributed by atoms with van der Waals surface area (Å²) in [6.45, 7) is 3.53. The molecule has 0 N–H and O–H groups in total. The fraction of sp³-hybridized carbons (Fsp3) is 0.550. The van der Waals surface area contributed by atoms with E-state index in [1.54, 1.807) is 11.3 Å². The Balaban J connectivity index is 1.38. The molecule has 1 aromatic carbocycles. The van der Waals surface area contributed by atoms with Crippen molar-refractivity contribution in [2.45, 2.75) is 44.1 Å². The molecule has 5 heteroatoms. The number of aromatic nitrogens is 1. The molecule has 25 heavy (non-hydrogen) atoms. The number of hydrogen-bond acceptors (Lipinski definition) is 5. The van der Waals surface area contributed by atoms with Gasteiger partial charge in [0, 0.05) is 24.2 Å². The van der Waals surface area contributed by atoms with Crippen LogP contribution < -0.4 is 0 Å². The van der Waals surface area contributed by atoms with E-state index in [1.807, 2.05) is 6.20 Å². The van der Waals surface area contributed by atoms with Gasteiger partial charge in [-0.25, -0.2) is 4.98 Å². The van der Waals surface area contributed by atoms with Gasteiger partial charge in [-0.1, -0.05) is 43.2 Å². The Labute approximate surface area is 152 Å². The van der Waals surface area contributed by atoms with Crippen LogP contribution in [0, 0.1) is 5.92 Å². The number of thiazole rings is 1. The topological polar surface area (TPSA) is 34.6 Å². The fourth-order valence-electron chi connectivity index (χ4n) is 4.89. The molecule has 0 amide bonds. The summed E-state index contributed by atoms with van der Waals surface area (Å²) < 4.78 is 11.2. The highest BCUT2D eigenvalue weighted by atomic mass is 32.1. The summed E-state index contributed by atoms with van der Waals surface area (Å²) in [6.07, 6.45) is 7.12. The second-order valence-corrected chi connectivity index (χ2v) is 8.50. The van der Waals surface area contributed by atoms with Crippen LogP contribution >= 0.6 is 11.3 Å². The summed E-state index contributed by atoms with van der Waals surface area (Å²) in [7, 11) is 0. The minimum Gasteiger partial charge on any atom is -0.344 e. The number of ether oxygens (including phenoxy) is 2. The van der Waals surface area contributed by atoms with E-state index in [1.165, 1.54) is 42.7 Å². The van der Waals surface area contributed by atoms with Crippen LogP contribution in [0.4, 0.5) is 0 Å². The van der Waals surface area contributed by atoms with E-state index >= 15 is 0 Å². The Bertz CT molecular complexity index is 728. The largest absolute Gasteiger partial charge is 0.344 e. The molecule has 1 saturated carbocycles. The van der Waals surface area contributed by atoms with Gasteiger partial charge in [0.05, 0.1) is 18.8 Å². The maximum absolute atomic E-state index is 5.58. The lowest BCUT2D eigenvalue weighted by Gasteiger charge is -2.61. The average molecular weight is 356 g/mol. The van der Waals surface area contributed by atoms with Crippen LogP contribution in [0.15, 0.2) is 36.5 Å². The lowest BCUT2D eigenvalue weighted by atomic mass is 9.62. The summed E-state index contributed by atoms with van der Waals surface area (Å²) in [5.74, 6) is 0.803. The molecule has 1 aromatic heterocycles. The van der Waals surface area contributed by atoms with Crippen LogP contribution in [0.5, 0.6) is 0 Å². The quantitative estimate of drug-likeness (QED) is 0.826. The molecule has 2 saturated heterocycles. The Morgan fingerprint density at radius 3 is 2.80 bits per heavy atom. The number of nitrogens with zero attached hydrogens (tertiary/aromatic N) is 2. The van der Waals surface area contributed by atoms with Crippen molar-refractivity contribution in [3.8, 4) is 0 Å². The highest BCUT2D eigenvalue weighted by Gasteiger charge is 2.54. The van der Waals surface area contributed by atoms with Crippen LogP contribution in [-0.2, 0) is 21.6 Å². The van der Waals surface area contributed by atoms with Gasteiger partial charge in [-0.15, -0.1) is 11.3 Å². The van der Waals surface area contributed by atoms with Crippen LogP contribution in [-0.4, -0.2) is 29.6 Å². The van der Waals surface area contributed by atoms with E-state index in [0.29, 0.717) is 13.2 Å². The number of fused-ring (bicyclic) bond motifs is 1. The van der Waals surface area contributed by atoms with Crippen molar-refractivity contribution in [2.75, 3.05) is 19.8 Å². The van der Waals surface area contributed by atoms with Crippen LogP contribution in [0.2, 0.25) is 0 Å². The average Bonchev–Trinajstić information content (AvgIpc) is 3.32. The van der Waals surface area contributed by atoms with Gasteiger partial charge in [-0.2, -0.15) is 0 Å². The van der Waals surface area contributed by atoms with Crippen molar-refractivity contribution in [1.82, 2.24) is 9.88 Å². The molecule has 132 valence electrons. The zero-order valence-corrected chi connectivity index (χ0v) is 15.2. The predicted octanol–water partition coefficient (Wildman–Crippen LogP) is 4.09. The van der Waals surface area contributed by atoms with Crippen molar-refractivity contribution in [1.29, 1.82) is 0 Å². The van der Waals surface area contributed by atoms with Crippen molar-refractivity contribution < 1.29 is 9.47 Å². The minimum absolute atomic E-state index is 0.240. The zero-order chi connectivity index (χ0) is 16.7. The molecule has 3 heterocycles. The summed E-state index contributed by atoms with van der Waals surface area (Å²) in [6, 6.07) is 11.1. The zero-order valence-electron chi connectivity index (χ0n) is 14.4. The predicted molar refractivity (Wildman–Crippen MR) is 97.2 cm³/mol. The lowest BCUT2D eigenvalue weighted by Crippen LogP contribution is -2.65. The first-order valence-electron chi connectivity index (χ1n) is 9.35. The highest BCUT2D eigenvalue weighted by Crippen LogP contribution is 2.54. The number of likely N-dealkylation sites (tertiary alicyclic amines) is 1. The third kappa shape index (κ3) is 2.65. The SMILES string of the molecule is c1ccc(C23CCCCC2CN3Cc2cnc(C3OCCO3)s2)cc1. The summed E-state index contributed by atoms with van der Waals surface area (Å²) in [4.78, 5) is 8.54. The monoisotopic (exact) mass is 356 g/mol. The molecule has 5 rings (SSSR count). The molecule has 0 spiro atoms. The molecule has 3 fully saturated rings. The molecular weight excluding hydrogens is 332 g/mol. The molecule has 2 aliphatic heterocycles. The van der Waals surface area contributed by atoms with Gasteiger partial charge in [0.1, 0.15) is 5.01 Å².